The van der Waals surface area contributed by atoms with Gasteiger partial charge in [-0.25, -0.2) is 4.98 Å². The van der Waals surface area contributed by atoms with Crippen molar-refractivity contribution in [3.05, 3.63) is 47.9 Å². The zero-order valence-electron chi connectivity index (χ0n) is 11.8. The van der Waals surface area contributed by atoms with Crippen LogP contribution >= 0.6 is 0 Å². The fourth-order valence-corrected chi connectivity index (χ4v) is 1.75. The van der Waals surface area contributed by atoms with E-state index in [0.29, 0.717) is 17.1 Å². The predicted octanol–water partition coefficient (Wildman–Crippen LogP) is 2.89. The Bertz CT molecular complexity index is 596. The van der Waals surface area contributed by atoms with Gasteiger partial charge < -0.3 is 10.6 Å². The number of amides is 1. The van der Waals surface area contributed by atoms with Crippen LogP contribution in [-0.4, -0.2) is 22.9 Å². The molecule has 0 fully saturated rings. The van der Waals surface area contributed by atoms with Gasteiger partial charge in [-0.1, -0.05) is 13.8 Å². The maximum absolute atomic E-state index is 12.3. The lowest BCUT2D eigenvalue weighted by atomic mass is 10.1. The zero-order chi connectivity index (χ0) is 14.5. The smallest absolute Gasteiger partial charge is 0.255 e. The molecule has 0 bridgehead atoms. The summed E-state index contributed by atoms with van der Waals surface area (Å²) < 4.78 is 0. The van der Waals surface area contributed by atoms with E-state index in [4.69, 9.17) is 0 Å². The number of anilines is 2. The monoisotopic (exact) mass is 270 g/mol. The maximum Gasteiger partial charge on any atom is 0.255 e. The molecule has 0 aliphatic carbocycles. The van der Waals surface area contributed by atoms with Gasteiger partial charge in [0, 0.05) is 24.5 Å². The molecule has 2 rings (SSSR count). The molecule has 2 aromatic rings. The molecule has 2 N–H and O–H groups in total. The SMILES string of the molecule is CNc1cc(C(=O)Nc2cccnc2)cc(C(C)C)n1. The lowest BCUT2D eigenvalue weighted by Gasteiger charge is -2.11. The highest BCUT2D eigenvalue weighted by Crippen LogP contribution is 2.18. The summed E-state index contributed by atoms with van der Waals surface area (Å²) in [5, 5.41) is 5.80. The molecule has 0 radical (unpaired) electrons. The first-order valence-corrected chi connectivity index (χ1v) is 6.51. The van der Waals surface area contributed by atoms with Gasteiger partial charge in [0.2, 0.25) is 0 Å². The van der Waals surface area contributed by atoms with Gasteiger partial charge in [-0.3, -0.25) is 9.78 Å². The van der Waals surface area contributed by atoms with Crippen molar-refractivity contribution in [3.63, 3.8) is 0 Å². The molecule has 0 spiro atoms. The van der Waals surface area contributed by atoms with Gasteiger partial charge >= 0.3 is 0 Å². The molecule has 2 heterocycles. The Hall–Kier alpha value is -2.43. The van der Waals surface area contributed by atoms with Crippen LogP contribution in [0.15, 0.2) is 36.7 Å². The summed E-state index contributed by atoms with van der Waals surface area (Å²) >= 11 is 0. The number of nitrogens with zero attached hydrogens (tertiary/aromatic N) is 2. The Balaban J connectivity index is 2.27. The second-order valence-corrected chi connectivity index (χ2v) is 4.77. The molecule has 0 aliphatic heterocycles. The Morgan fingerprint density at radius 2 is 2.10 bits per heavy atom. The summed E-state index contributed by atoms with van der Waals surface area (Å²) in [4.78, 5) is 20.7. The largest absolute Gasteiger partial charge is 0.373 e. The number of hydrogen-bond acceptors (Lipinski definition) is 4. The summed E-state index contributed by atoms with van der Waals surface area (Å²) in [6.45, 7) is 4.09. The topological polar surface area (TPSA) is 66.9 Å². The highest BCUT2D eigenvalue weighted by Gasteiger charge is 2.11. The maximum atomic E-state index is 12.3. The van der Waals surface area contributed by atoms with Gasteiger partial charge in [0.1, 0.15) is 5.82 Å². The summed E-state index contributed by atoms with van der Waals surface area (Å²) in [5.74, 6) is 0.777. The van der Waals surface area contributed by atoms with E-state index in [1.165, 1.54) is 0 Å². The first kappa shape index (κ1) is 14.0. The molecule has 5 nitrogen and oxygen atoms in total. The van der Waals surface area contributed by atoms with E-state index in [1.807, 2.05) is 19.9 Å². The normalized spacial score (nSPS) is 10.4. The average Bonchev–Trinajstić information content (AvgIpc) is 2.47. The van der Waals surface area contributed by atoms with Crippen molar-refractivity contribution in [2.75, 3.05) is 17.7 Å². The summed E-state index contributed by atoms with van der Waals surface area (Å²) in [6, 6.07) is 7.13. The number of aromatic nitrogens is 2. The third-order valence-electron chi connectivity index (χ3n) is 2.87. The number of carbonyl (C=O) groups excluding carboxylic acids is 1. The van der Waals surface area contributed by atoms with Crippen LogP contribution in [0.2, 0.25) is 0 Å². The minimum absolute atomic E-state index is 0.168. The third-order valence-corrected chi connectivity index (χ3v) is 2.87. The van der Waals surface area contributed by atoms with Crippen LogP contribution in [0.25, 0.3) is 0 Å². The fraction of sp³-hybridized carbons (Fsp3) is 0.267. The lowest BCUT2D eigenvalue weighted by Crippen LogP contribution is -2.14. The van der Waals surface area contributed by atoms with Crippen LogP contribution in [-0.2, 0) is 0 Å². The van der Waals surface area contributed by atoms with E-state index >= 15 is 0 Å². The van der Waals surface area contributed by atoms with Crippen molar-refractivity contribution in [1.29, 1.82) is 0 Å². The third kappa shape index (κ3) is 3.32. The van der Waals surface area contributed by atoms with Gasteiger partial charge in [-0.2, -0.15) is 0 Å². The van der Waals surface area contributed by atoms with Crippen molar-refractivity contribution in [3.8, 4) is 0 Å². The van der Waals surface area contributed by atoms with Crippen molar-refractivity contribution in [2.24, 2.45) is 0 Å². The summed E-state index contributed by atoms with van der Waals surface area (Å²) in [5.41, 5.74) is 2.14. The van der Waals surface area contributed by atoms with E-state index in [0.717, 1.165) is 5.69 Å². The molecule has 5 heteroatoms. The van der Waals surface area contributed by atoms with Crippen molar-refractivity contribution < 1.29 is 4.79 Å². The second kappa shape index (κ2) is 6.14. The highest BCUT2D eigenvalue weighted by atomic mass is 16.1. The minimum atomic E-state index is -0.168. The van der Waals surface area contributed by atoms with Crippen molar-refractivity contribution in [2.45, 2.75) is 19.8 Å². The fourth-order valence-electron chi connectivity index (χ4n) is 1.75. The Kier molecular flexibility index (Phi) is 4.30. The minimum Gasteiger partial charge on any atom is -0.373 e. The van der Waals surface area contributed by atoms with Gasteiger partial charge in [0.25, 0.3) is 5.91 Å². The van der Waals surface area contributed by atoms with Gasteiger partial charge in [0.15, 0.2) is 0 Å². The Labute approximate surface area is 118 Å². The molecule has 1 amide bonds. The molecule has 0 saturated carbocycles. The first-order chi connectivity index (χ1) is 9.60. The standard InChI is InChI=1S/C15H18N4O/c1-10(2)13-7-11(8-14(16-3)19-13)15(20)18-12-5-4-6-17-9-12/h4-10H,1-3H3,(H,16,19)(H,18,20). The van der Waals surface area contributed by atoms with Crippen molar-refractivity contribution >= 4 is 17.4 Å². The van der Waals surface area contributed by atoms with E-state index in [9.17, 15) is 4.79 Å². The quantitative estimate of drug-likeness (QED) is 0.896. The molecule has 0 saturated heterocycles. The van der Waals surface area contributed by atoms with E-state index in [2.05, 4.69) is 20.6 Å². The Morgan fingerprint density at radius 1 is 1.30 bits per heavy atom. The second-order valence-electron chi connectivity index (χ2n) is 4.77. The molecule has 20 heavy (non-hydrogen) atoms. The number of pyridine rings is 2. The van der Waals surface area contributed by atoms with Crippen LogP contribution in [0, 0.1) is 0 Å². The number of nitrogens with one attached hydrogen (secondary N) is 2. The molecule has 0 aliphatic rings. The molecular formula is C15H18N4O. The van der Waals surface area contributed by atoms with Gasteiger partial charge in [-0.05, 0) is 30.2 Å². The number of hydrogen-bond donors (Lipinski definition) is 2. The first-order valence-electron chi connectivity index (χ1n) is 6.51. The molecular weight excluding hydrogens is 252 g/mol. The van der Waals surface area contributed by atoms with Crippen LogP contribution < -0.4 is 10.6 Å². The van der Waals surface area contributed by atoms with Crippen LogP contribution in [0.5, 0.6) is 0 Å². The average molecular weight is 270 g/mol. The van der Waals surface area contributed by atoms with Crippen LogP contribution in [0.4, 0.5) is 11.5 Å². The molecule has 0 atom stereocenters. The summed E-state index contributed by atoms with van der Waals surface area (Å²) in [6.07, 6.45) is 3.28. The molecule has 2 aromatic heterocycles. The Morgan fingerprint density at radius 3 is 2.70 bits per heavy atom. The summed E-state index contributed by atoms with van der Waals surface area (Å²) in [7, 11) is 1.79. The van der Waals surface area contributed by atoms with E-state index in [1.54, 1.807) is 37.6 Å². The van der Waals surface area contributed by atoms with Crippen molar-refractivity contribution in [1.82, 2.24) is 9.97 Å². The number of carbonyl (C=O) groups is 1. The highest BCUT2D eigenvalue weighted by molar-refractivity contribution is 6.04. The molecule has 0 unspecified atom stereocenters. The van der Waals surface area contributed by atoms with Crippen LogP contribution in [0.3, 0.4) is 0 Å². The lowest BCUT2D eigenvalue weighted by molar-refractivity contribution is 0.102. The predicted molar refractivity (Wildman–Crippen MR) is 80.1 cm³/mol. The van der Waals surface area contributed by atoms with Crippen LogP contribution in [0.1, 0.15) is 35.8 Å². The van der Waals surface area contributed by atoms with Gasteiger partial charge in [0.05, 0.1) is 11.9 Å². The van der Waals surface area contributed by atoms with Gasteiger partial charge in [-0.15, -0.1) is 0 Å². The molecule has 104 valence electrons. The zero-order valence-corrected chi connectivity index (χ0v) is 11.8. The molecule has 0 aromatic carbocycles. The van der Waals surface area contributed by atoms with E-state index < -0.39 is 0 Å². The van der Waals surface area contributed by atoms with E-state index in [-0.39, 0.29) is 11.8 Å². The number of rotatable bonds is 4.